The van der Waals surface area contributed by atoms with Gasteiger partial charge in [-0.15, -0.1) is 0 Å². The van der Waals surface area contributed by atoms with Gasteiger partial charge < -0.3 is 0 Å². The molecule has 0 unspecified atom stereocenters. The summed E-state index contributed by atoms with van der Waals surface area (Å²) >= 11 is 12.5. The van der Waals surface area contributed by atoms with E-state index < -0.39 is 0 Å². The zero-order chi connectivity index (χ0) is 12.4. The summed E-state index contributed by atoms with van der Waals surface area (Å²) in [6.07, 6.45) is 0.945. The largest absolute Gasteiger partial charge is 0.0827 e. The zero-order valence-corrected chi connectivity index (χ0v) is 11.4. The van der Waals surface area contributed by atoms with Gasteiger partial charge in [0.2, 0.25) is 0 Å². The molecule has 0 atom stereocenters. The van der Waals surface area contributed by atoms with Crippen molar-refractivity contribution in [2.75, 3.05) is 0 Å². The molecular weight excluding hydrogens is 251 g/mol. The van der Waals surface area contributed by atoms with Crippen LogP contribution in [0.25, 0.3) is 11.1 Å². The van der Waals surface area contributed by atoms with Crippen LogP contribution in [0.1, 0.15) is 18.1 Å². The summed E-state index contributed by atoms with van der Waals surface area (Å²) in [4.78, 5) is 0. The Morgan fingerprint density at radius 2 is 1.71 bits per heavy atom. The lowest BCUT2D eigenvalue weighted by Crippen LogP contribution is -1.92. The van der Waals surface area contributed by atoms with Crippen molar-refractivity contribution in [2.24, 2.45) is 0 Å². The molecule has 0 radical (unpaired) electrons. The molecule has 0 aromatic heterocycles. The van der Waals surface area contributed by atoms with Crippen LogP contribution in [0.4, 0.5) is 0 Å². The van der Waals surface area contributed by atoms with Crippen LogP contribution in [0.3, 0.4) is 0 Å². The Morgan fingerprint density at radius 3 is 2.35 bits per heavy atom. The van der Waals surface area contributed by atoms with Crippen molar-refractivity contribution in [1.82, 2.24) is 0 Å². The molecule has 2 heteroatoms. The molecule has 0 saturated carbocycles. The molecule has 88 valence electrons. The fourth-order valence-electron chi connectivity index (χ4n) is 2.03. The fourth-order valence-corrected chi connectivity index (χ4v) is 2.47. The minimum atomic E-state index is 0.613. The Kier molecular flexibility index (Phi) is 3.76. The third kappa shape index (κ3) is 2.34. The second kappa shape index (κ2) is 5.12. The molecule has 2 aromatic rings. The van der Waals surface area contributed by atoms with Crippen molar-refractivity contribution >= 4 is 23.2 Å². The Balaban J connectivity index is 2.74. The van der Waals surface area contributed by atoms with Crippen molar-refractivity contribution in [3.63, 3.8) is 0 Å². The third-order valence-corrected chi connectivity index (χ3v) is 3.78. The molecule has 0 heterocycles. The smallest absolute Gasteiger partial charge is 0.0673 e. The predicted octanol–water partition coefficient (Wildman–Crippen LogP) is 5.53. The van der Waals surface area contributed by atoms with Gasteiger partial charge >= 0.3 is 0 Å². The molecule has 0 aliphatic heterocycles. The maximum absolute atomic E-state index is 6.35. The summed E-state index contributed by atoms with van der Waals surface area (Å²) in [5.41, 5.74) is 4.68. The normalized spacial score (nSPS) is 10.6. The van der Waals surface area contributed by atoms with Gasteiger partial charge in [0.15, 0.2) is 0 Å². The maximum Gasteiger partial charge on any atom is 0.0673 e. The standard InChI is InChI=1S/C15H14Cl2/c1-3-11-8-9-13(16)15(17)14(11)12-7-5-4-6-10(12)2/h4-9H,3H2,1-2H3. The second-order valence-corrected chi connectivity index (χ2v) is 4.85. The highest BCUT2D eigenvalue weighted by Gasteiger charge is 2.13. The number of benzene rings is 2. The topological polar surface area (TPSA) is 0 Å². The van der Waals surface area contributed by atoms with Gasteiger partial charge in [0.1, 0.15) is 0 Å². The predicted molar refractivity (Wildman–Crippen MR) is 76.0 cm³/mol. The Bertz CT molecular complexity index is 545. The summed E-state index contributed by atoms with van der Waals surface area (Å²) in [7, 11) is 0. The summed E-state index contributed by atoms with van der Waals surface area (Å²) < 4.78 is 0. The number of aryl methyl sites for hydroxylation is 2. The van der Waals surface area contributed by atoms with E-state index in [1.807, 2.05) is 18.2 Å². The Labute approximate surface area is 112 Å². The first kappa shape index (κ1) is 12.5. The molecule has 0 amide bonds. The minimum Gasteiger partial charge on any atom is -0.0827 e. The van der Waals surface area contributed by atoms with Gasteiger partial charge in [-0.1, -0.05) is 60.5 Å². The van der Waals surface area contributed by atoms with E-state index in [-0.39, 0.29) is 0 Å². The van der Waals surface area contributed by atoms with E-state index in [1.165, 1.54) is 11.1 Å². The molecule has 2 rings (SSSR count). The number of rotatable bonds is 2. The summed E-state index contributed by atoms with van der Waals surface area (Å²) in [5.74, 6) is 0. The van der Waals surface area contributed by atoms with Crippen LogP contribution in [-0.4, -0.2) is 0 Å². The van der Waals surface area contributed by atoms with Gasteiger partial charge in [-0.2, -0.15) is 0 Å². The van der Waals surface area contributed by atoms with Crippen LogP contribution >= 0.6 is 23.2 Å². The van der Waals surface area contributed by atoms with Gasteiger partial charge in [-0.3, -0.25) is 0 Å². The van der Waals surface area contributed by atoms with Gasteiger partial charge in [0.05, 0.1) is 10.0 Å². The first-order valence-corrected chi connectivity index (χ1v) is 6.43. The molecule has 0 saturated heterocycles. The van der Waals surface area contributed by atoms with E-state index in [2.05, 4.69) is 32.0 Å². The van der Waals surface area contributed by atoms with E-state index in [0.29, 0.717) is 10.0 Å². The monoisotopic (exact) mass is 264 g/mol. The van der Waals surface area contributed by atoms with E-state index in [4.69, 9.17) is 23.2 Å². The Morgan fingerprint density at radius 1 is 1.00 bits per heavy atom. The second-order valence-electron chi connectivity index (χ2n) is 4.06. The summed E-state index contributed by atoms with van der Waals surface area (Å²) in [6, 6.07) is 12.2. The molecule has 0 bridgehead atoms. The molecule has 17 heavy (non-hydrogen) atoms. The summed E-state index contributed by atoms with van der Waals surface area (Å²) in [6.45, 7) is 4.22. The van der Waals surface area contributed by atoms with Gasteiger partial charge in [0, 0.05) is 5.56 Å². The minimum absolute atomic E-state index is 0.613. The van der Waals surface area contributed by atoms with Crippen LogP contribution in [0.2, 0.25) is 10.0 Å². The lowest BCUT2D eigenvalue weighted by atomic mass is 9.95. The number of hydrogen-bond acceptors (Lipinski definition) is 0. The molecule has 0 fully saturated rings. The quantitative estimate of drug-likeness (QED) is 0.669. The van der Waals surface area contributed by atoms with E-state index in [9.17, 15) is 0 Å². The average Bonchev–Trinajstić information content (AvgIpc) is 2.34. The third-order valence-electron chi connectivity index (χ3n) is 2.98. The number of halogens is 2. The Hall–Kier alpha value is -0.980. The van der Waals surface area contributed by atoms with Gasteiger partial charge in [-0.05, 0) is 36.1 Å². The average molecular weight is 265 g/mol. The van der Waals surface area contributed by atoms with Crippen LogP contribution in [0, 0.1) is 6.92 Å². The van der Waals surface area contributed by atoms with Crippen molar-refractivity contribution in [2.45, 2.75) is 20.3 Å². The highest BCUT2D eigenvalue weighted by Crippen LogP contribution is 2.38. The molecule has 2 aromatic carbocycles. The highest BCUT2D eigenvalue weighted by molar-refractivity contribution is 6.43. The lowest BCUT2D eigenvalue weighted by Gasteiger charge is -2.13. The van der Waals surface area contributed by atoms with Crippen LogP contribution in [0.15, 0.2) is 36.4 Å². The maximum atomic E-state index is 6.35. The molecule has 0 aliphatic carbocycles. The lowest BCUT2D eigenvalue weighted by molar-refractivity contribution is 1.14. The van der Waals surface area contributed by atoms with Crippen molar-refractivity contribution < 1.29 is 0 Å². The first-order valence-electron chi connectivity index (χ1n) is 5.68. The molecule has 0 N–H and O–H groups in total. The van der Waals surface area contributed by atoms with Gasteiger partial charge in [-0.25, -0.2) is 0 Å². The van der Waals surface area contributed by atoms with Crippen molar-refractivity contribution in [1.29, 1.82) is 0 Å². The van der Waals surface area contributed by atoms with Gasteiger partial charge in [0.25, 0.3) is 0 Å². The van der Waals surface area contributed by atoms with Crippen LogP contribution in [0.5, 0.6) is 0 Å². The van der Waals surface area contributed by atoms with Crippen molar-refractivity contribution in [3.8, 4) is 11.1 Å². The van der Waals surface area contributed by atoms with E-state index in [0.717, 1.165) is 17.5 Å². The fraction of sp³-hybridized carbons (Fsp3) is 0.200. The molecular formula is C15H14Cl2. The van der Waals surface area contributed by atoms with E-state index in [1.54, 1.807) is 0 Å². The first-order chi connectivity index (χ1) is 8.15. The van der Waals surface area contributed by atoms with E-state index >= 15 is 0 Å². The van der Waals surface area contributed by atoms with Crippen molar-refractivity contribution in [3.05, 3.63) is 57.6 Å². The zero-order valence-electron chi connectivity index (χ0n) is 9.93. The highest BCUT2D eigenvalue weighted by atomic mass is 35.5. The molecule has 0 aliphatic rings. The number of hydrogen-bond donors (Lipinski definition) is 0. The van der Waals surface area contributed by atoms with Crippen LogP contribution in [-0.2, 0) is 6.42 Å². The van der Waals surface area contributed by atoms with Crippen LogP contribution < -0.4 is 0 Å². The SMILES string of the molecule is CCc1ccc(Cl)c(Cl)c1-c1ccccc1C. The molecule has 0 spiro atoms. The summed E-state index contributed by atoms with van der Waals surface area (Å²) in [5, 5.41) is 1.27. The molecule has 0 nitrogen and oxygen atoms in total.